The average molecular weight is 785 g/mol. The summed E-state index contributed by atoms with van der Waals surface area (Å²) < 4.78 is 21.4. The molecular formula is C44H64O12. The summed E-state index contributed by atoms with van der Waals surface area (Å²) in [6.45, 7) is 27.4. The third kappa shape index (κ3) is 17.4. The predicted octanol–water partition coefficient (Wildman–Crippen LogP) is 8.15. The van der Waals surface area contributed by atoms with Crippen LogP contribution in [0.3, 0.4) is 0 Å². The number of benzene rings is 2. The molecule has 4 N–H and O–H groups in total. The molecule has 1 atom stereocenters. The van der Waals surface area contributed by atoms with Gasteiger partial charge in [0, 0.05) is 24.3 Å². The number of hydrogen-bond donors (Lipinski definition) is 4. The van der Waals surface area contributed by atoms with E-state index in [1.54, 1.807) is 0 Å². The molecule has 12 heteroatoms. The van der Waals surface area contributed by atoms with Crippen LogP contribution in [-0.4, -0.2) is 70.2 Å². The van der Waals surface area contributed by atoms with Gasteiger partial charge < -0.3 is 39.4 Å². The minimum Gasteiger partial charge on any atom is -0.507 e. The van der Waals surface area contributed by atoms with Gasteiger partial charge in [-0.3, -0.25) is 0 Å². The topological polar surface area (TPSA) is 186 Å². The summed E-state index contributed by atoms with van der Waals surface area (Å²) in [5.74, 6) is -3.22. The van der Waals surface area contributed by atoms with Crippen molar-refractivity contribution >= 4 is 23.9 Å². The van der Waals surface area contributed by atoms with Crippen LogP contribution >= 0.6 is 0 Å². The number of ether oxygens (including phenoxy) is 4. The number of hydrogen-bond acceptors (Lipinski definition) is 10. The number of carbonyl (C=O) groups excluding carboxylic acids is 2. The number of aromatic hydroxyl groups is 2. The first-order valence-corrected chi connectivity index (χ1v) is 18.7. The summed E-state index contributed by atoms with van der Waals surface area (Å²) in [6.07, 6.45) is 3.51. The summed E-state index contributed by atoms with van der Waals surface area (Å²) in [5, 5.41) is 38.5. The van der Waals surface area contributed by atoms with E-state index in [9.17, 15) is 29.4 Å². The monoisotopic (exact) mass is 784 g/mol. The van der Waals surface area contributed by atoms with Crippen LogP contribution < -0.4 is 0 Å². The Balaban J connectivity index is 0.000000561. The van der Waals surface area contributed by atoms with Gasteiger partial charge in [-0.25, -0.2) is 19.2 Å². The second-order valence-electron chi connectivity index (χ2n) is 17.6. The summed E-state index contributed by atoms with van der Waals surface area (Å²) >= 11 is 0. The lowest BCUT2D eigenvalue weighted by Gasteiger charge is -2.28. The Kier molecular flexibility index (Phi) is 18.5. The SMILES string of the molecule is CC(C)(C)c1cc(COCCOC(=O)C=CC(=O)O)cc(C(C)(C)C)c1O.CCC(COC(=O)C=CC(=O)O)OCc1cc(C(C)(C)C)c(O)c(C(C)(C)C)c1. The Morgan fingerprint density at radius 3 is 1.27 bits per heavy atom. The Morgan fingerprint density at radius 2 is 0.929 bits per heavy atom. The number of aliphatic carboxylic acids is 2. The molecule has 312 valence electrons. The van der Waals surface area contributed by atoms with Gasteiger partial charge in [0.25, 0.3) is 0 Å². The maximum Gasteiger partial charge on any atom is 0.331 e. The molecule has 0 saturated heterocycles. The Labute approximate surface area is 332 Å². The van der Waals surface area contributed by atoms with Crippen LogP contribution in [0.5, 0.6) is 11.5 Å². The normalized spacial score (nSPS) is 12.9. The van der Waals surface area contributed by atoms with Crippen LogP contribution in [0.15, 0.2) is 48.6 Å². The van der Waals surface area contributed by atoms with Crippen LogP contribution in [0.2, 0.25) is 0 Å². The summed E-state index contributed by atoms with van der Waals surface area (Å²) in [4.78, 5) is 43.6. The number of phenolic OH excluding ortho intramolecular Hbond substituents is 2. The number of carbonyl (C=O) groups is 4. The summed E-state index contributed by atoms with van der Waals surface area (Å²) in [5.41, 5.74) is 4.43. The molecule has 0 bridgehead atoms. The number of phenols is 2. The molecule has 0 heterocycles. The van der Waals surface area contributed by atoms with E-state index in [0.29, 0.717) is 31.1 Å². The van der Waals surface area contributed by atoms with Crippen molar-refractivity contribution in [3.8, 4) is 11.5 Å². The second kappa shape index (κ2) is 21.0. The first kappa shape index (κ1) is 49.3. The van der Waals surface area contributed by atoms with Crippen LogP contribution in [0.4, 0.5) is 0 Å². The zero-order chi connectivity index (χ0) is 43.2. The predicted molar refractivity (Wildman–Crippen MR) is 215 cm³/mol. The highest BCUT2D eigenvalue weighted by Gasteiger charge is 2.28. The third-order valence-electron chi connectivity index (χ3n) is 8.39. The van der Waals surface area contributed by atoms with Gasteiger partial charge in [-0.2, -0.15) is 0 Å². The van der Waals surface area contributed by atoms with E-state index in [1.165, 1.54) is 0 Å². The molecule has 0 aliphatic carbocycles. The molecule has 0 saturated carbocycles. The quantitative estimate of drug-likeness (QED) is 0.0773. The smallest absolute Gasteiger partial charge is 0.331 e. The van der Waals surface area contributed by atoms with E-state index in [-0.39, 0.29) is 47.6 Å². The maximum atomic E-state index is 11.5. The minimum atomic E-state index is -1.21. The van der Waals surface area contributed by atoms with Crippen molar-refractivity contribution < 1.29 is 58.6 Å². The van der Waals surface area contributed by atoms with Crippen molar-refractivity contribution in [2.45, 2.75) is 137 Å². The largest absolute Gasteiger partial charge is 0.507 e. The Bertz CT molecular complexity index is 1640. The highest BCUT2D eigenvalue weighted by molar-refractivity contribution is 5.91. The lowest BCUT2D eigenvalue weighted by atomic mass is 9.78. The highest BCUT2D eigenvalue weighted by Crippen LogP contribution is 2.41. The van der Waals surface area contributed by atoms with Crippen LogP contribution in [0.25, 0.3) is 0 Å². The standard InChI is InChI=1S/C23H34O6.C21H30O6/c1-8-16(14-29-20(26)10-9-19(24)25)28-13-15-11-17(22(2,3)4)21(27)18(12-15)23(5,6)7;1-20(2,3)15-11-14(12-16(19(15)25)21(4,5)6)13-26-9-10-27-18(24)8-7-17(22)23/h9-12,16,27H,8,13-14H2,1-7H3,(H,24,25);7-8,11-12,25H,9-10,13H2,1-6H3,(H,22,23). The van der Waals surface area contributed by atoms with Gasteiger partial charge in [-0.05, 0) is 85.7 Å². The lowest BCUT2D eigenvalue weighted by Crippen LogP contribution is -2.22. The van der Waals surface area contributed by atoms with Gasteiger partial charge in [0.2, 0.25) is 0 Å². The van der Waals surface area contributed by atoms with Crippen molar-refractivity contribution in [2.24, 2.45) is 0 Å². The van der Waals surface area contributed by atoms with Crippen molar-refractivity contribution in [1.29, 1.82) is 0 Å². The number of rotatable bonds is 15. The number of carboxylic acids is 2. The van der Waals surface area contributed by atoms with Gasteiger partial charge >= 0.3 is 23.9 Å². The third-order valence-corrected chi connectivity index (χ3v) is 8.39. The molecule has 0 fully saturated rings. The fraction of sp³-hybridized carbons (Fsp3) is 0.545. The van der Waals surface area contributed by atoms with Crippen LogP contribution in [0.1, 0.15) is 130 Å². The molecule has 1 unspecified atom stereocenters. The Hall–Kier alpha value is -4.68. The molecule has 0 spiro atoms. The van der Waals surface area contributed by atoms with Gasteiger partial charge in [-0.15, -0.1) is 0 Å². The maximum absolute atomic E-state index is 11.5. The molecule has 0 aliphatic rings. The molecular weight excluding hydrogens is 720 g/mol. The van der Waals surface area contributed by atoms with Crippen LogP contribution in [0, 0.1) is 0 Å². The summed E-state index contributed by atoms with van der Waals surface area (Å²) in [7, 11) is 0. The zero-order valence-electron chi connectivity index (χ0n) is 35.5. The molecule has 12 nitrogen and oxygen atoms in total. The van der Waals surface area contributed by atoms with E-state index in [2.05, 4.69) is 41.5 Å². The van der Waals surface area contributed by atoms with Gasteiger partial charge in [-0.1, -0.05) is 90.0 Å². The van der Waals surface area contributed by atoms with Crippen molar-refractivity contribution in [1.82, 2.24) is 0 Å². The molecule has 0 aliphatic heterocycles. The van der Waals surface area contributed by atoms with E-state index < -0.39 is 23.9 Å². The van der Waals surface area contributed by atoms with Crippen molar-refractivity contribution in [3.05, 3.63) is 82.0 Å². The molecule has 0 aromatic heterocycles. The molecule has 0 radical (unpaired) electrons. The molecule has 0 amide bonds. The first-order valence-electron chi connectivity index (χ1n) is 18.7. The van der Waals surface area contributed by atoms with Gasteiger partial charge in [0.1, 0.15) is 24.7 Å². The molecule has 2 aromatic carbocycles. The van der Waals surface area contributed by atoms with E-state index in [4.69, 9.17) is 29.2 Å². The van der Waals surface area contributed by atoms with Gasteiger partial charge in [0.05, 0.1) is 25.9 Å². The number of carboxylic acid groups (broad SMARTS) is 2. The van der Waals surface area contributed by atoms with Crippen molar-refractivity contribution in [3.63, 3.8) is 0 Å². The minimum absolute atomic E-state index is 0.0269. The van der Waals surface area contributed by atoms with E-state index >= 15 is 0 Å². The Morgan fingerprint density at radius 1 is 0.571 bits per heavy atom. The van der Waals surface area contributed by atoms with Crippen LogP contribution in [-0.2, 0) is 73.0 Å². The second-order valence-corrected chi connectivity index (χ2v) is 17.6. The molecule has 2 rings (SSSR count). The molecule has 56 heavy (non-hydrogen) atoms. The molecule has 2 aromatic rings. The van der Waals surface area contributed by atoms with Crippen molar-refractivity contribution in [2.75, 3.05) is 19.8 Å². The van der Waals surface area contributed by atoms with E-state index in [0.717, 1.165) is 57.7 Å². The fourth-order valence-electron chi connectivity index (χ4n) is 5.28. The van der Waals surface area contributed by atoms with Gasteiger partial charge in [0.15, 0.2) is 0 Å². The fourth-order valence-corrected chi connectivity index (χ4v) is 5.28. The van der Waals surface area contributed by atoms with E-state index in [1.807, 2.05) is 72.7 Å². The first-order chi connectivity index (χ1) is 25.6. The highest BCUT2D eigenvalue weighted by atomic mass is 16.6. The zero-order valence-corrected chi connectivity index (χ0v) is 35.5. The number of esters is 2. The summed E-state index contributed by atoms with van der Waals surface area (Å²) in [6, 6.07) is 7.79. The average Bonchev–Trinajstić information content (AvgIpc) is 3.05. The lowest BCUT2D eigenvalue weighted by molar-refractivity contribution is -0.143.